The summed E-state index contributed by atoms with van der Waals surface area (Å²) in [7, 11) is 1.60. The van der Waals surface area contributed by atoms with Crippen molar-refractivity contribution >= 4 is 5.91 Å². The number of nitrogens with zero attached hydrogens (tertiary/aromatic N) is 1. The van der Waals surface area contributed by atoms with E-state index in [1.807, 2.05) is 4.90 Å². The minimum absolute atomic E-state index is 0.00990. The molecule has 126 valence electrons. The van der Waals surface area contributed by atoms with Crippen molar-refractivity contribution < 1.29 is 18.7 Å². The van der Waals surface area contributed by atoms with E-state index in [4.69, 9.17) is 9.47 Å². The van der Waals surface area contributed by atoms with Gasteiger partial charge in [-0.3, -0.25) is 4.79 Å². The molecule has 0 spiro atoms. The Labute approximate surface area is 140 Å². The molecule has 0 aromatic heterocycles. The van der Waals surface area contributed by atoms with Gasteiger partial charge >= 0.3 is 0 Å². The van der Waals surface area contributed by atoms with Gasteiger partial charge in [-0.1, -0.05) is 12.1 Å². The monoisotopic (exact) mass is 329 g/mol. The van der Waals surface area contributed by atoms with E-state index >= 15 is 0 Å². The van der Waals surface area contributed by atoms with Gasteiger partial charge in [0.25, 0.3) is 5.91 Å². The summed E-state index contributed by atoms with van der Waals surface area (Å²) >= 11 is 0. The summed E-state index contributed by atoms with van der Waals surface area (Å²) < 4.78 is 23.7. The number of halogens is 1. The zero-order valence-electron chi connectivity index (χ0n) is 13.6. The second-order valence-corrected chi connectivity index (χ2v) is 5.84. The lowest BCUT2D eigenvalue weighted by atomic mass is 10.2. The Morgan fingerprint density at radius 2 is 1.71 bits per heavy atom. The Morgan fingerprint density at radius 3 is 2.29 bits per heavy atom. The maximum atomic E-state index is 13.0. The Hall–Kier alpha value is -2.56. The Bertz CT molecular complexity index is 681. The second kappa shape index (κ2) is 7.34. The predicted molar refractivity (Wildman–Crippen MR) is 88.5 cm³/mol. The highest BCUT2D eigenvalue weighted by atomic mass is 19.1. The van der Waals surface area contributed by atoms with Gasteiger partial charge in [-0.2, -0.15) is 0 Å². The summed E-state index contributed by atoms with van der Waals surface area (Å²) in [5, 5.41) is 0. The van der Waals surface area contributed by atoms with E-state index in [0.29, 0.717) is 12.3 Å². The lowest BCUT2D eigenvalue weighted by Crippen LogP contribution is -2.36. The lowest BCUT2D eigenvalue weighted by molar-refractivity contribution is -0.134. The molecule has 1 fully saturated rings. The second-order valence-electron chi connectivity index (χ2n) is 5.84. The maximum absolute atomic E-state index is 13.0. The highest BCUT2D eigenvalue weighted by Gasteiger charge is 2.32. The van der Waals surface area contributed by atoms with E-state index in [2.05, 4.69) is 0 Å². The third-order valence-electron chi connectivity index (χ3n) is 4.00. The molecule has 1 amide bonds. The van der Waals surface area contributed by atoms with Crippen LogP contribution < -0.4 is 9.47 Å². The van der Waals surface area contributed by atoms with Crippen molar-refractivity contribution in [3.63, 3.8) is 0 Å². The van der Waals surface area contributed by atoms with E-state index in [-0.39, 0.29) is 24.4 Å². The first-order valence-corrected chi connectivity index (χ1v) is 7.96. The van der Waals surface area contributed by atoms with Gasteiger partial charge in [0.2, 0.25) is 0 Å². The van der Waals surface area contributed by atoms with Gasteiger partial charge < -0.3 is 14.4 Å². The van der Waals surface area contributed by atoms with Crippen LogP contribution in [0.2, 0.25) is 0 Å². The molecule has 2 aromatic rings. The Kier molecular flexibility index (Phi) is 4.99. The van der Waals surface area contributed by atoms with Crippen LogP contribution in [0.1, 0.15) is 18.4 Å². The molecular weight excluding hydrogens is 309 g/mol. The fourth-order valence-corrected chi connectivity index (χ4v) is 2.49. The van der Waals surface area contributed by atoms with Crippen LogP contribution in [0.15, 0.2) is 48.5 Å². The molecule has 1 saturated carbocycles. The van der Waals surface area contributed by atoms with Crippen molar-refractivity contribution in [2.75, 3.05) is 13.7 Å². The molecule has 0 aliphatic heterocycles. The molecule has 0 unspecified atom stereocenters. The van der Waals surface area contributed by atoms with E-state index in [1.54, 1.807) is 43.5 Å². The summed E-state index contributed by atoms with van der Waals surface area (Å²) in [4.78, 5) is 14.3. The average Bonchev–Trinajstić information content (AvgIpc) is 3.44. The number of amides is 1. The summed E-state index contributed by atoms with van der Waals surface area (Å²) in [6, 6.07) is 13.6. The third kappa shape index (κ3) is 4.25. The molecule has 0 bridgehead atoms. The smallest absolute Gasteiger partial charge is 0.261 e. The first kappa shape index (κ1) is 16.3. The van der Waals surface area contributed by atoms with Crippen LogP contribution in [0.5, 0.6) is 11.5 Å². The minimum Gasteiger partial charge on any atom is -0.497 e. The summed E-state index contributed by atoms with van der Waals surface area (Å²) in [5.74, 6) is 1.04. The molecule has 0 heterocycles. The largest absolute Gasteiger partial charge is 0.497 e. The first-order chi connectivity index (χ1) is 11.7. The highest BCUT2D eigenvalue weighted by molar-refractivity contribution is 5.78. The average molecular weight is 329 g/mol. The van der Waals surface area contributed by atoms with Crippen molar-refractivity contribution in [3.05, 3.63) is 59.9 Å². The first-order valence-electron chi connectivity index (χ1n) is 7.96. The molecule has 0 saturated heterocycles. The van der Waals surface area contributed by atoms with E-state index in [1.165, 1.54) is 12.1 Å². The van der Waals surface area contributed by atoms with Crippen molar-refractivity contribution in [2.45, 2.75) is 25.4 Å². The van der Waals surface area contributed by atoms with Crippen molar-refractivity contribution in [3.8, 4) is 11.5 Å². The standard InChI is InChI=1S/C19H20FNO3/c1-23-17-8-10-18(11-9-17)24-13-19(22)21(16-6-7-16)12-14-2-4-15(20)5-3-14/h2-5,8-11,16H,6-7,12-13H2,1H3. The van der Waals surface area contributed by atoms with E-state index in [9.17, 15) is 9.18 Å². The van der Waals surface area contributed by atoms with Crippen LogP contribution in [-0.2, 0) is 11.3 Å². The van der Waals surface area contributed by atoms with E-state index in [0.717, 1.165) is 24.2 Å². The van der Waals surface area contributed by atoms with Gasteiger partial charge in [0.15, 0.2) is 6.61 Å². The summed E-state index contributed by atoms with van der Waals surface area (Å²) in [5.41, 5.74) is 0.918. The van der Waals surface area contributed by atoms with Crippen LogP contribution in [0.25, 0.3) is 0 Å². The highest BCUT2D eigenvalue weighted by Crippen LogP contribution is 2.28. The van der Waals surface area contributed by atoms with Crippen LogP contribution >= 0.6 is 0 Å². The molecule has 4 nitrogen and oxygen atoms in total. The molecule has 0 radical (unpaired) electrons. The number of methoxy groups -OCH3 is 1. The van der Waals surface area contributed by atoms with Crippen molar-refractivity contribution in [1.82, 2.24) is 4.90 Å². The molecule has 5 heteroatoms. The third-order valence-corrected chi connectivity index (χ3v) is 4.00. The summed E-state index contributed by atoms with van der Waals surface area (Å²) in [6.07, 6.45) is 2.02. The predicted octanol–water partition coefficient (Wildman–Crippen LogP) is 3.40. The van der Waals surface area contributed by atoms with E-state index < -0.39 is 0 Å². The number of rotatable bonds is 7. The van der Waals surface area contributed by atoms with Gasteiger partial charge in [-0.05, 0) is 54.8 Å². The van der Waals surface area contributed by atoms with Crippen LogP contribution in [0, 0.1) is 5.82 Å². The SMILES string of the molecule is COc1ccc(OCC(=O)N(Cc2ccc(F)cc2)C2CC2)cc1. The molecule has 1 aliphatic rings. The number of hydrogen-bond acceptors (Lipinski definition) is 3. The number of benzene rings is 2. The van der Waals surface area contributed by atoms with Gasteiger partial charge in [0.05, 0.1) is 7.11 Å². The summed E-state index contributed by atoms with van der Waals surface area (Å²) in [6.45, 7) is 0.472. The molecule has 3 rings (SSSR count). The van der Waals surface area contributed by atoms with Crippen molar-refractivity contribution in [2.24, 2.45) is 0 Å². The fourth-order valence-electron chi connectivity index (χ4n) is 2.49. The zero-order chi connectivity index (χ0) is 16.9. The molecule has 2 aromatic carbocycles. The lowest BCUT2D eigenvalue weighted by Gasteiger charge is -2.22. The topological polar surface area (TPSA) is 38.8 Å². The quantitative estimate of drug-likeness (QED) is 0.781. The van der Waals surface area contributed by atoms with Crippen molar-refractivity contribution in [1.29, 1.82) is 0 Å². The van der Waals surface area contributed by atoms with Gasteiger partial charge in [-0.25, -0.2) is 4.39 Å². The van der Waals surface area contributed by atoms with Crippen LogP contribution in [-0.4, -0.2) is 30.6 Å². The molecule has 0 atom stereocenters. The molecule has 24 heavy (non-hydrogen) atoms. The number of carbonyl (C=O) groups is 1. The number of carbonyl (C=O) groups excluding carboxylic acids is 1. The molecular formula is C19H20FNO3. The Morgan fingerprint density at radius 1 is 1.08 bits per heavy atom. The normalized spacial score (nSPS) is 13.4. The van der Waals surface area contributed by atoms with Gasteiger partial charge in [0.1, 0.15) is 17.3 Å². The fraction of sp³-hybridized carbons (Fsp3) is 0.316. The number of ether oxygens (including phenoxy) is 2. The van der Waals surface area contributed by atoms with Gasteiger partial charge in [0, 0.05) is 12.6 Å². The molecule has 1 aliphatic carbocycles. The zero-order valence-corrected chi connectivity index (χ0v) is 13.6. The van der Waals surface area contributed by atoms with Crippen LogP contribution in [0.3, 0.4) is 0 Å². The van der Waals surface area contributed by atoms with Gasteiger partial charge in [-0.15, -0.1) is 0 Å². The Balaban J connectivity index is 1.58. The number of hydrogen-bond donors (Lipinski definition) is 0. The maximum Gasteiger partial charge on any atom is 0.261 e. The van der Waals surface area contributed by atoms with Crippen LogP contribution in [0.4, 0.5) is 4.39 Å². The molecule has 0 N–H and O–H groups in total. The minimum atomic E-state index is -0.272.